The predicted molar refractivity (Wildman–Crippen MR) is 92.7 cm³/mol. The number of carbonyl (C=O) groups is 2. The van der Waals surface area contributed by atoms with E-state index in [1.54, 1.807) is 43.5 Å². The van der Waals surface area contributed by atoms with E-state index in [0.29, 0.717) is 21.5 Å². The van der Waals surface area contributed by atoms with Crippen molar-refractivity contribution < 1.29 is 19.1 Å². The molecule has 0 aromatic heterocycles. The van der Waals surface area contributed by atoms with E-state index in [9.17, 15) is 9.59 Å². The van der Waals surface area contributed by atoms with E-state index < -0.39 is 18.5 Å². The summed E-state index contributed by atoms with van der Waals surface area (Å²) in [5.41, 5.74) is 1.09. The summed E-state index contributed by atoms with van der Waals surface area (Å²) in [6.45, 7) is -0.411. The number of amides is 1. The molecule has 5 nitrogen and oxygen atoms in total. The van der Waals surface area contributed by atoms with Crippen LogP contribution in [-0.4, -0.2) is 25.6 Å². The molecule has 0 atom stereocenters. The van der Waals surface area contributed by atoms with Crippen LogP contribution in [0.15, 0.2) is 42.5 Å². The molecular weight excluding hydrogens is 353 g/mol. The average molecular weight is 368 g/mol. The van der Waals surface area contributed by atoms with Crippen LogP contribution in [0.1, 0.15) is 5.56 Å². The Bertz CT molecular complexity index is 749. The summed E-state index contributed by atoms with van der Waals surface area (Å²) in [6, 6.07) is 11.7. The van der Waals surface area contributed by atoms with Crippen LogP contribution >= 0.6 is 23.2 Å². The van der Waals surface area contributed by atoms with E-state index in [-0.39, 0.29) is 6.42 Å². The minimum absolute atomic E-state index is 0.0440. The third-order valence-corrected chi connectivity index (χ3v) is 3.61. The van der Waals surface area contributed by atoms with Crippen LogP contribution in [-0.2, 0) is 20.7 Å². The van der Waals surface area contributed by atoms with Gasteiger partial charge in [0.25, 0.3) is 5.91 Å². The molecule has 0 heterocycles. The van der Waals surface area contributed by atoms with E-state index in [1.807, 2.05) is 0 Å². The van der Waals surface area contributed by atoms with Crippen LogP contribution in [0.5, 0.6) is 5.75 Å². The topological polar surface area (TPSA) is 64.6 Å². The van der Waals surface area contributed by atoms with Gasteiger partial charge in [-0.05, 0) is 35.9 Å². The largest absolute Gasteiger partial charge is 0.497 e. The van der Waals surface area contributed by atoms with Crippen molar-refractivity contribution in [1.29, 1.82) is 0 Å². The Morgan fingerprint density at radius 1 is 1.12 bits per heavy atom. The molecule has 0 saturated heterocycles. The van der Waals surface area contributed by atoms with Gasteiger partial charge >= 0.3 is 5.97 Å². The lowest BCUT2D eigenvalue weighted by Crippen LogP contribution is -2.21. The van der Waals surface area contributed by atoms with E-state index in [4.69, 9.17) is 32.7 Å². The fraction of sp³-hybridized carbons (Fsp3) is 0.176. The first-order valence-corrected chi connectivity index (χ1v) is 7.77. The summed E-state index contributed by atoms with van der Waals surface area (Å²) >= 11 is 11.8. The normalized spacial score (nSPS) is 10.1. The van der Waals surface area contributed by atoms with E-state index in [0.717, 1.165) is 5.56 Å². The van der Waals surface area contributed by atoms with Gasteiger partial charge in [-0.15, -0.1) is 0 Å². The summed E-state index contributed by atoms with van der Waals surface area (Å²) in [7, 11) is 1.54. The molecule has 0 bridgehead atoms. The monoisotopic (exact) mass is 367 g/mol. The molecule has 2 aromatic carbocycles. The van der Waals surface area contributed by atoms with Crippen LogP contribution in [0.2, 0.25) is 10.0 Å². The molecule has 0 spiro atoms. The maximum absolute atomic E-state index is 11.8. The number of hydrogen-bond donors (Lipinski definition) is 1. The van der Waals surface area contributed by atoms with Crippen molar-refractivity contribution in [3.05, 3.63) is 58.1 Å². The van der Waals surface area contributed by atoms with Gasteiger partial charge in [-0.1, -0.05) is 35.3 Å². The van der Waals surface area contributed by atoms with E-state index in [2.05, 4.69) is 5.32 Å². The number of hydrogen-bond acceptors (Lipinski definition) is 4. The second-order valence-corrected chi connectivity index (χ2v) is 5.70. The van der Waals surface area contributed by atoms with Gasteiger partial charge in [-0.2, -0.15) is 0 Å². The van der Waals surface area contributed by atoms with Crippen molar-refractivity contribution >= 4 is 40.8 Å². The summed E-state index contributed by atoms with van der Waals surface area (Å²) in [4.78, 5) is 23.6. The highest BCUT2D eigenvalue weighted by Gasteiger charge is 2.11. The average Bonchev–Trinajstić information content (AvgIpc) is 2.56. The predicted octanol–water partition coefficient (Wildman–Crippen LogP) is 3.73. The SMILES string of the molecule is COc1cccc(CC(=O)OCC(=O)Nc2cc(Cl)ccc2Cl)c1. The maximum Gasteiger partial charge on any atom is 0.310 e. The molecule has 126 valence electrons. The van der Waals surface area contributed by atoms with Gasteiger partial charge < -0.3 is 14.8 Å². The minimum Gasteiger partial charge on any atom is -0.497 e. The number of carbonyl (C=O) groups excluding carboxylic acids is 2. The van der Waals surface area contributed by atoms with Gasteiger partial charge in [0.2, 0.25) is 0 Å². The first-order valence-electron chi connectivity index (χ1n) is 7.01. The fourth-order valence-corrected chi connectivity index (χ4v) is 2.26. The van der Waals surface area contributed by atoms with Gasteiger partial charge in [0, 0.05) is 5.02 Å². The van der Waals surface area contributed by atoms with Crippen molar-refractivity contribution in [2.75, 3.05) is 19.0 Å². The van der Waals surface area contributed by atoms with Crippen LogP contribution < -0.4 is 10.1 Å². The quantitative estimate of drug-likeness (QED) is 0.790. The van der Waals surface area contributed by atoms with Crippen LogP contribution in [0, 0.1) is 0 Å². The zero-order valence-electron chi connectivity index (χ0n) is 12.8. The molecule has 0 fully saturated rings. The van der Waals surface area contributed by atoms with E-state index in [1.165, 1.54) is 6.07 Å². The lowest BCUT2D eigenvalue weighted by molar-refractivity contribution is -0.146. The second kappa shape index (κ2) is 8.57. The zero-order chi connectivity index (χ0) is 17.5. The number of nitrogens with one attached hydrogen (secondary N) is 1. The van der Waals surface area contributed by atoms with Crippen LogP contribution in [0.4, 0.5) is 5.69 Å². The minimum atomic E-state index is -0.518. The van der Waals surface area contributed by atoms with Crippen molar-refractivity contribution in [3.8, 4) is 5.75 Å². The van der Waals surface area contributed by atoms with Crippen molar-refractivity contribution in [2.24, 2.45) is 0 Å². The molecule has 0 aliphatic rings. The first kappa shape index (κ1) is 18.1. The van der Waals surface area contributed by atoms with Gasteiger partial charge in [-0.25, -0.2) is 0 Å². The Morgan fingerprint density at radius 3 is 2.67 bits per heavy atom. The lowest BCUT2D eigenvalue weighted by atomic mass is 10.1. The Labute approximate surface area is 149 Å². The number of esters is 1. The van der Waals surface area contributed by atoms with Gasteiger partial charge in [0.05, 0.1) is 24.2 Å². The number of benzene rings is 2. The third kappa shape index (κ3) is 5.44. The standard InChI is InChI=1S/C17H15Cl2NO4/c1-23-13-4-2-3-11(7-13)8-17(22)24-10-16(21)20-15-9-12(18)5-6-14(15)19/h2-7,9H,8,10H2,1H3,(H,20,21). The molecule has 24 heavy (non-hydrogen) atoms. The van der Waals surface area contributed by atoms with Crippen molar-refractivity contribution in [2.45, 2.75) is 6.42 Å². The highest BCUT2D eigenvalue weighted by Crippen LogP contribution is 2.25. The fourth-order valence-electron chi connectivity index (χ4n) is 1.93. The summed E-state index contributed by atoms with van der Waals surface area (Å²) in [6.07, 6.45) is 0.0440. The highest BCUT2D eigenvalue weighted by atomic mass is 35.5. The van der Waals surface area contributed by atoms with Crippen molar-refractivity contribution in [1.82, 2.24) is 0 Å². The molecule has 0 radical (unpaired) electrons. The number of rotatable bonds is 6. The van der Waals surface area contributed by atoms with E-state index >= 15 is 0 Å². The lowest BCUT2D eigenvalue weighted by Gasteiger charge is -2.09. The number of halogens is 2. The number of ether oxygens (including phenoxy) is 2. The Kier molecular flexibility index (Phi) is 6.46. The summed E-state index contributed by atoms with van der Waals surface area (Å²) < 4.78 is 10.0. The molecule has 0 aliphatic carbocycles. The Balaban J connectivity index is 1.84. The van der Waals surface area contributed by atoms with Crippen LogP contribution in [0.25, 0.3) is 0 Å². The zero-order valence-corrected chi connectivity index (χ0v) is 14.4. The molecule has 2 rings (SSSR count). The van der Waals surface area contributed by atoms with Crippen molar-refractivity contribution in [3.63, 3.8) is 0 Å². The number of anilines is 1. The molecule has 0 aliphatic heterocycles. The first-order chi connectivity index (χ1) is 11.5. The molecule has 0 saturated carbocycles. The van der Waals surface area contributed by atoms with Gasteiger partial charge in [-0.3, -0.25) is 9.59 Å². The highest BCUT2D eigenvalue weighted by molar-refractivity contribution is 6.35. The second-order valence-electron chi connectivity index (χ2n) is 4.86. The molecule has 0 unspecified atom stereocenters. The summed E-state index contributed by atoms with van der Waals surface area (Å²) in [5, 5.41) is 3.31. The Morgan fingerprint density at radius 2 is 1.92 bits per heavy atom. The third-order valence-electron chi connectivity index (χ3n) is 3.05. The molecule has 2 aromatic rings. The molecule has 7 heteroatoms. The Hall–Kier alpha value is -2.24. The smallest absolute Gasteiger partial charge is 0.310 e. The molecule has 1 amide bonds. The molecule has 1 N–H and O–H groups in total. The molecular formula is C17H15Cl2NO4. The van der Waals surface area contributed by atoms with Gasteiger partial charge in [0.1, 0.15) is 5.75 Å². The maximum atomic E-state index is 11.8. The number of methoxy groups -OCH3 is 1. The summed E-state index contributed by atoms with van der Waals surface area (Å²) in [5.74, 6) is -0.373. The van der Waals surface area contributed by atoms with Crippen LogP contribution in [0.3, 0.4) is 0 Å². The van der Waals surface area contributed by atoms with Gasteiger partial charge in [0.15, 0.2) is 6.61 Å².